The molecule has 0 atom stereocenters. The Morgan fingerprint density at radius 1 is 0.846 bits per heavy atom. The van der Waals surface area contributed by atoms with Crippen molar-refractivity contribution in [1.29, 1.82) is 0 Å². The molecule has 2 heterocycles. The summed E-state index contributed by atoms with van der Waals surface area (Å²) in [6, 6.07) is 22.5. The molecule has 1 aromatic heterocycles. The predicted molar refractivity (Wildman–Crippen MR) is 107 cm³/mol. The summed E-state index contributed by atoms with van der Waals surface area (Å²) in [7, 11) is 0. The first-order valence-corrected chi connectivity index (χ1v) is 9.33. The lowest BCUT2D eigenvalue weighted by atomic mass is 9.98. The topological polar surface area (TPSA) is 49.8 Å². The van der Waals surface area contributed by atoms with Crippen molar-refractivity contribution < 1.29 is 0 Å². The number of rotatable bonds is 5. The number of benzene rings is 2. The lowest BCUT2D eigenvalue weighted by molar-refractivity contribution is 0.389. The van der Waals surface area contributed by atoms with Gasteiger partial charge in [0.25, 0.3) is 0 Å². The third-order valence-electron chi connectivity index (χ3n) is 4.86. The highest BCUT2D eigenvalue weighted by Crippen LogP contribution is 2.24. The molecule has 26 heavy (non-hydrogen) atoms. The van der Waals surface area contributed by atoms with E-state index in [-0.39, 0.29) is 0 Å². The van der Waals surface area contributed by atoms with Crippen LogP contribution < -0.4 is 10.6 Å². The molecule has 0 saturated carbocycles. The molecule has 0 bridgehead atoms. The van der Waals surface area contributed by atoms with Gasteiger partial charge in [-0.2, -0.15) is 0 Å². The van der Waals surface area contributed by atoms with Gasteiger partial charge in [-0.25, -0.2) is 9.97 Å². The quantitative estimate of drug-likeness (QED) is 0.727. The molecule has 0 radical (unpaired) electrons. The zero-order valence-corrected chi connectivity index (χ0v) is 14.9. The first-order chi connectivity index (χ1) is 12.9. The average molecular weight is 344 g/mol. The number of nitrogens with one attached hydrogen (secondary N) is 2. The molecule has 4 rings (SSSR count). The van der Waals surface area contributed by atoms with E-state index >= 15 is 0 Å². The molecule has 2 aromatic carbocycles. The number of hydrogen-bond acceptors (Lipinski definition) is 4. The van der Waals surface area contributed by atoms with Gasteiger partial charge < -0.3 is 10.6 Å². The Morgan fingerprint density at radius 3 is 2.19 bits per heavy atom. The molecule has 0 aliphatic carbocycles. The molecular formula is C22H24N4. The van der Waals surface area contributed by atoms with Crippen LogP contribution in [0.3, 0.4) is 0 Å². The minimum atomic E-state index is 0.701. The second-order valence-electron chi connectivity index (χ2n) is 6.77. The van der Waals surface area contributed by atoms with Crippen molar-refractivity contribution in [3.63, 3.8) is 0 Å². The van der Waals surface area contributed by atoms with Gasteiger partial charge in [0.05, 0.1) is 5.69 Å². The summed E-state index contributed by atoms with van der Waals surface area (Å²) in [5, 5.41) is 6.98. The Labute approximate surface area is 154 Å². The number of piperidine rings is 1. The molecular weight excluding hydrogens is 320 g/mol. The third kappa shape index (κ3) is 4.09. The van der Waals surface area contributed by atoms with E-state index in [1.165, 1.54) is 12.8 Å². The lowest BCUT2D eigenvalue weighted by Crippen LogP contribution is -2.31. The molecule has 132 valence electrons. The summed E-state index contributed by atoms with van der Waals surface area (Å²) in [5.74, 6) is 2.36. The van der Waals surface area contributed by atoms with E-state index in [1.807, 2.05) is 36.4 Å². The minimum Gasteiger partial charge on any atom is -0.370 e. The summed E-state index contributed by atoms with van der Waals surface area (Å²) >= 11 is 0. The molecule has 3 aromatic rings. The van der Waals surface area contributed by atoms with Crippen LogP contribution in [0, 0.1) is 5.92 Å². The van der Waals surface area contributed by atoms with E-state index in [1.54, 1.807) is 0 Å². The minimum absolute atomic E-state index is 0.701. The van der Waals surface area contributed by atoms with E-state index < -0.39 is 0 Å². The summed E-state index contributed by atoms with van der Waals surface area (Å²) in [5.41, 5.74) is 3.10. The van der Waals surface area contributed by atoms with Crippen LogP contribution >= 0.6 is 0 Å². The van der Waals surface area contributed by atoms with Crippen molar-refractivity contribution in [1.82, 2.24) is 15.3 Å². The first-order valence-electron chi connectivity index (χ1n) is 9.33. The molecule has 1 fully saturated rings. The van der Waals surface area contributed by atoms with Gasteiger partial charge in [-0.15, -0.1) is 0 Å². The number of nitrogens with zero attached hydrogens (tertiary/aromatic N) is 2. The van der Waals surface area contributed by atoms with Crippen LogP contribution in [0.15, 0.2) is 66.7 Å². The fraction of sp³-hybridized carbons (Fsp3) is 0.273. The highest BCUT2D eigenvalue weighted by Gasteiger charge is 2.14. The van der Waals surface area contributed by atoms with Crippen molar-refractivity contribution >= 4 is 5.82 Å². The van der Waals surface area contributed by atoms with Crippen molar-refractivity contribution in [2.75, 3.05) is 25.0 Å². The number of anilines is 1. The van der Waals surface area contributed by atoms with Crippen molar-refractivity contribution in [2.24, 2.45) is 5.92 Å². The van der Waals surface area contributed by atoms with Crippen molar-refractivity contribution in [2.45, 2.75) is 12.8 Å². The Balaban J connectivity index is 1.64. The maximum Gasteiger partial charge on any atom is 0.162 e. The summed E-state index contributed by atoms with van der Waals surface area (Å²) < 4.78 is 0. The zero-order valence-electron chi connectivity index (χ0n) is 14.9. The molecule has 2 N–H and O–H groups in total. The number of aromatic nitrogens is 2. The van der Waals surface area contributed by atoms with E-state index in [9.17, 15) is 0 Å². The Hall–Kier alpha value is -2.72. The third-order valence-corrected chi connectivity index (χ3v) is 4.86. The van der Waals surface area contributed by atoms with Crippen LogP contribution in [-0.2, 0) is 0 Å². The van der Waals surface area contributed by atoms with Crippen LogP contribution in [0.5, 0.6) is 0 Å². The van der Waals surface area contributed by atoms with Crippen LogP contribution in [0.1, 0.15) is 12.8 Å². The summed E-state index contributed by atoms with van der Waals surface area (Å²) in [4.78, 5) is 9.58. The van der Waals surface area contributed by atoms with E-state index in [0.717, 1.165) is 48.1 Å². The fourth-order valence-corrected chi connectivity index (χ4v) is 3.35. The molecule has 4 nitrogen and oxygen atoms in total. The average Bonchev–Trinajstić information content (AvgIpc) is 2.74. The van der Waals surface area contributed by atoms with Gasteiger partial charge in [0.1, 0.15) is 5.82 Å². The zero-order chi connectivity index (χ0) is 17.6. The van der Waals surface area contributed by atoms with Gasteiger partial charge in [-0.3, -0.25) is 0 Å². The van der Waals surface area contributed by atoms with Gasteiger partial charge in [0, 0.05) is 23.7 Å². The van der Waals surface area contributed by atoms with Gasteiger partial charge >= 0.3 is 0 Å². The molecule has 1 aliphatic heterocycles. The second-order valence-corrected chi connectivity index (χ2v) is 6.77. The molecule has 4 heteroatoms. The van der Waals surface area contributed by atoms with E-state index in [2.05, 4.69) is 41.0 Å². The monoisotopic (exact) mass is 344 g/mol. The molecule has 0 spiro atoms. The fourth-order valence-electron chi connectivity index (χ4n) is 3.35. The van der Waals surface area contributed by atoms with Crippen LogP contribution in [0.4, 0.5) is 5.82 Å². The number of hydrogen-bond donors (Lipinski definition) is 2. The largest absolute Gasteiger partial charge is 0.370 e. The predicted octanol–water partition coefficient (Wildman–Crippen LogP) is 4.22. The Kier molecular flexibility index (Phi) is 5.22. The van der Waals surface area contributed by atoms with Crippen molar-refractivity contribution in [3.8, 4) is 22.6 Å². The summed E-state index contributed by atoms with van der Waals surface area (Å²) in [6.07, 6.45) is 2.43. The standard InChI is InChI=1S/C22H24N4/c1-3-7-18(8-4-1)20-15-21(24-16-17-11-13-23-14-12-17)26-22(25-20)19-9-5-2-6-10-19/h1-10,15,17,23H,11-14,16H2,(H,24,25,26). The van der Waals surface area contributed by atoms with Crippen molar-refractivity contribution in [3.05, 3.63) is 66.7 Å². The van der Waals surface area contributed by atoms with Gasteiger partial charge in [0.15, 0.2) is 5.82 Å². The SMILES string of the molecule is c1ccc(-c2cc(NCC3CCNCC3)nc(-c3ccccc3)n2)cc1. The summed E-state index contributed by atoms with van der Waals surface area (Å²) in [6.45, 7) is 3.18. The Morgan fingerprint density at radius 2 is 1.50 bits per heavy atom. The highest BCUT2D eigenvalue weighted by molar-refractivity contribution is 5.67. The molecule has 0 amide bonds. The van der Waals surface area contributed by atoms with Crippen LogP contribution in [0.25, 0.3) is 22.6 Å². The normalized spacial score (nSPS) is 14.9. The molecule has 0 unspecified atom stereocenters. The first kappa shape index (κ1) is 16.7. The lowest BCUT2D eigenvalue weighted by Gasteiger charge is -2.23. The van der Waals surface area contributed by atoms with Gasteiger partial charge in [-0.05, 0) is 31.8 Å². The second kappa shape index (κ2) is 8.11. The van der Waals surface area contributed by atoms with Crippen LogP contribution in [0.2, 0.25) is 0 Å². The molecule has 1 saturated heterocycles. The molecule has 1 aliphatic rings. The smallest absolute Gasteiger partial charge is 0.162 e. The maximum absolute atomic E-state index is 4.81. The van der Waals surface area contributed by atoms with Gasteiger partial charge in [0.2, 0.25) is 0 Å². The van der Waals surface area contributed by atoms with Gasteiger partial charge in [-0.1, -0.05) is 60.7 Å². The van der Waals surface area contributed by atoms with E-state index in [0.29, 0.717) is 5.92 Å². The van der Waals surface area contributed by atoms with E-state index in [4.69, 9.17) is 9.97 Å². The maximum atomic E-state index is 4.81. The highest BCUT2D eigenvalue weighted by atomic mass is 15.0. The Bertz CT molecular complexity index is 770. The van der Waals surface area contributed by atoms with Crippen LogP contribution in [-0.4, -0.2) is 29.6 Å².